The van der Waals surface area contributed by atoms with Gasteiger partial charge in [0.2, 0.25) is 5.79 Å². The SMILES string of the molecule is CC(C)O[C@]1(COP(=O)(O)OP(=O)(O)OP(=O)(O)O)O[C@@H](n2ccc(=O)[nH]c2=O)[C@H](F)[C@@H]1O. The fraction of sp³-hybridized carbons (Fsp3) is 0.667. The molecule has 1 fully saturated rings. The lowest BCUT2D eigenvalue weighted by Crippen LogP contribution is -2.49. The van der Waals surface area contributed by atoms with E-state index in [9.17, 15) is 42.6 Å². The maximum atomic E-state index is 14.9. The Kier molecular flexibility index (Phi) is 8.42. The zero-order chi connectivity index (χ0) is 25.4. The van der Waals surface area contributed by atoms with Gasteiger partial charge in [-0.05, 0) is 13.8 Å². The van der Waals surface area contributed by atoms with E-state index in [1.807, 2.05) is 4.98 Å². The number of phosphoric acid groups is 3. The van der Waals surface area contributed by atoms with Crippen LogP contribution in [0.1, 0.15) is 20.1 Å². The molecule has 6 atom stereocenters. The van der Waals surface area contributed by atoms with E-state index in [4.69, 9.17) is 19.3 Å². The molecule has 2 rings (SSSR count). The Morgan fingerprint density at radius 3 is 2.30 bits per heavy atom. The molecule has 1 aromatic rings. The van der Waals surface area contributed by atoms with E-state index in [2.05, 4.69) is 13.1 Å². The molecule has 6 N–H and O–H groups in total. The number of aromatic nitrogens is 2. The molecule has 1 saturated heterocycles. The highest BCUT2D eigenvalue weighted by molar-refractivity contribution is 7.66. The molecule has 190 valence electrons. The third-order valence-corrected chi connectivity index (χ3v) is 7.53. The summed E-state index contributed by atoms with van der Waals surface area (Å²) >= 11 is 0. The fourth-order valence-electron chi connectivity index (χ4n) is 2.70. The zero-order valence-corrected chi connectivity index (χ0v) is 19.3. The predicted octanol–water partition coefficient (Wildman–Crippen LogP) is -0.771. The van der Waals surface area contributed by atoms with Gasteiger partial charge in [0.25, 0.3) is 5.56 Å². The lowest BCUT2D eigenvalue weighted by atomic mass is 10.1. The number of aliphatic hydroxyl groups is 1. The first-order chi connectivity index (χ1) is 14.9. The summed E-state index contributed by atoms with van der Waals surface area (Å²) in [6.45, 7) is 1.41. The molecular formula is C12H20FN2O15P3. The highest BCUT2D eigenvalue weighted by atomic mass is 31.3. The van der Waals surface area contributed by atoms with Gasteiger partial charge in [0.05, 0.1) is 6.10 Å². The summed E-state index contributed by atoms with van der Waals surface area (Å²) in [6, 6.07) is 0.846. The van der Waals surface area contributed by atoms with Gasteiger partial charge in [0.15, 0.2) is 12.4 Å². The van der Waals surface area contributed by atoms with Crippen molar-refractivity contribution >= 4 is 23.5 Å². The van der Waals surface area contributed by atoms with E-state index in [1.165, 1.54) is 13.8 Å². The molecule has 1 aliphatic heterocycles. The van der Waals surface area contributed by atoms with Gasteiger partial charge in [-0.25, -0.2) is 22.9 Å². The van der Waals surface area contributed by atoms with E-state index in [0.717, 1.165) is 12.3 Å². The number of hydrogen-bond acceptors (Lipinski definition) is 11. The first kappa shape index (κ1) is 28.1. The summed E-state index contributed by atoms with van der Waals surface area (Å²) in [5.41, 5.74) is -1.95. The molecule has 21 heteroatoms. The molecule has 0 saturated carbocycles. The van der Waals surface area contributed by atoms with Gasteiger partial charge >= 0.3 is 29.2 Å². The third-order valence-electron chi connectivity index (χ3n) is 3.75. The topological polar surface area (TPSA) is 253 Å². The molecular weight excluding hydrogens is 524 g/mol. The minimum Gasteiger partial charge on any atom is -0.384 e. The van der Waals surface area contributed by atoms with Crippen LogP contribution in [0, 0.1) is 0 Å². The van der Waals surface area contributed by atoms with Crippen molar-refractivity contribution in [2.45, 2.75) is 44.2 Å². The summed E-state index contributed by atoms with van der Waals surface area (Å²) in [5, 5.41) is 10.4. The Hall–Kier alpha value is -1.10. The molecule has 33 heavy (non-hydrogen) atoms. The van der Waals surface area contributed by atoms with E-state index in [0.29, 0.717) is 4.57 Å². The van der Waals surface area contributed by atoms with Crippen LogP contribution in [0.2, 0.25) is 0 Å². The van der Waals surface area contributed by atoms with Crippen LogP contribution in [0.3, 0.4) is 0 Å². The Morgan fingerprint density at radius 1 is 1.18 bits per heavy atom. The van der Waals surface area contributed by atoms with Crippen LogP contribution in [0.15, 0.2) is 21.9 Å². The van der Waals surface area contributed by atoms with Crippen molar-refractivity contribution < 1.29 is 65.4 Å². The molecule has 0 radical (unpaired) electrons. The van der Waals surface area contributed by atoms with Crippen molar-refractivity contribution in [3.8, 4) is 0 Å². The van der Waals surface area contributed by atoms with Gasteiger partial charge in [0.1, 0.15) is 12.7 Å². The Labute approximate surface area is 183 Å². The van der Waals surface area contributed by atoms with E-state index in [-0.39, 0.29) is 0 Å². The number of phosphoric ester groups is 1. The third kappa shape index (κ3) is 7.44. The van der Waals surface area contributed by atoms with Crippen molar-refractivity contribution in [2.75, 3.05) is 6.61 Å². The number of halogens is 1. The van der Waals surface area contributed by atoms with E-state index in [1.54, 1.807) is 0 Å². The fourth-order valence-corrected chi connectivity index (χ4v) is 5.74. The molecule has 2 unspecified atom stereocenters. The first-order valence-corrected chi connectivity index (χ1v) is 13.2. The van der Waals surface area contributed by atoms with E-state index >= 15 is 0 Å². The summed E-state index contributed by atoms with van der Waals surface area (Å²) in [6.07, 6.45) is -6.64. The van der Waals surface area contributed by atoms with Crippen LogP contribution >= 0.6 is 23.5 Å². The van der Waals surface area contributed by atoms with Crippen molar-refractivity contribution in [1.29, 1.82) is 0 Å². The highest BCUT2D eigenvalue weighted by Crippen LogP contribution is 2.66. The molecule has 0 bridgehead atoms. The van der Waals surface area contributed by atoms with Crippen LogP contribution in [0.5, 0.6) is 0 Å². The molecule has 0 aromatic carbocycles. The Bertz CT molecular complexity index is 1120. The molecule has 1 aromatic heterocycles. The number of hydrogen-bond donors (Lipinski definition) is 6. The van der Waals surface area contributed by atoms with Crippen LogP contribution in [-0.4, -0.2) is 65.0 Å². The minimum atomic E-state index is -5.84. The van der Waals surface area contributed by atoms with Crippen LogP contribution in [0.25, 0.3) is 0 Å². The minimum absolute atomic E-state index is 0.547. The van der Waals surface area contributed by atoms with Crippen molar-refractivity contribution in [3.63, 3.8) is 0 Å². The number of nitrogens with one attached hydrogen (secondary N) is 1. The quantitative estimate of drug-likeness (QED) is 0.198. The largest absolute Gasteiger partial charge is 0.490 e. The molecule has 17 nitrogen and oxygen atoms in total. The number of aliphatic hydroxyl groups excluding tert-OH is 1. The maximum Gasteiger partial charge on any atom is 0.490 e. The summed E-state index contributed by atoms with van der Waals surface area (Å²) in [7, 11) is -17.2. The maximum absolute atomic E-state index is 14.9. The smallest absolute Gasteiger partial charge is 0.384 e. The molecule has 2 heterocycles. The highest BCUT2D eigenvalue weighted by Gasteiger charge is 2.59. The normalized spacial score (nSPS) is 29.7. The van der Waals surface area contributed by atoms with Gasteiger partial charge in [-0.1, -0.05) is 0 Å². The Morgan fingerprint density at radius 2 is 1.79 bits per heavy atom. The lowest BCUT2D eigenvalue weighted by Gasteiger charge is -2.33. The van der Waals surface area contributed by atoms with Gasteiger partial charge in [-0.3, -0.25) is 18.9 Å². The summed E-state index contributed by atoms with van der Waals surface area (Å²) in [4.78, 5) is 60.9. The first-order valence-electron chi connectivity index (χ1n) is 8.64. The molecule has 0 amide bonds. The van der Waals surface area contributed by atoms with E-state index < -0.39 is 71.7 Å². The monoisotopic (exact) mass is 544 g/mol. The molecule has 1 aliphatic rings. The van der Waals surface area contributed by atoms with Gasteiger partial charge < -0.3 is 34.2 Å². The second-order valence-corrected chi connectivity index (χ2v) is 11.2. The van der Waals surface area contributed by atoms with Crippen LogP contribution < -0.4 is 11.2 Å². The number of nitrogens with zero attached hydrogens (tertiary/aromatic N) is 1. The van der Waals surface area contributed by atoms with Crippen molar-refractivity contribution in [1.82, 2.24) is 9.55 Å². The average molecular weight is 544 g/mol. The summed E-state index contributed by atoms with van der Waals surface area (Å²) < 4.78 is 71.6. The standard InChI is InChI=1S/C12H20FN2O15P3/c1-6(2)27-12(5-26-32(22,23)30-33(24,25)29-31(19,20)21)9(17)8(13)10(28-12)15-4-3-7(16)14-11(15)18/h3-4,6,8-10,17H,5H2,1-2H3,(H,22,23)(H,24,25)(H,14,16,18)(H2,19,20,21)/t8-,9+,10-,12-/m1/s1. The second-order valence-electron chi connectivity index (χ2n) is 6.76. The van der Waals surface area contributed by atoms with Crippen LogP contribution in [0.4, 0.5) is 4.39 Å². The number of rotatable bonds is 10. The second kappa shape index (κ2) is 9.87. The van der Waals surface area contributed by atoms with Gasteiger partial charge in [0, 0.05) is 12.3 Å². The average Bonchev–Trinajstić information content (AvgIpc) is 2.82. The van der Waals surface area contributed by atoms with Gasteiger partial charge in [-0.15, -0.1) is 0 Å². The molecule has 0 spiro atoms. The number of aromatic amines is 1. The summed E-state index contributed by atoms with van der Waals surface area (Å²) in [5.74, 6) is -2.60. The van der Waals surface area contributed by atoms with Gasteiger partial charge in [-0.2, -0.15) is 8.62 Å². The Balaban J connectivity index is 2.30. The zero-order valence-electron chi connectivity index (χ0n) is 16.7. The lowest BCUT2D eigenvalue weighted by molar-refractivity contribution is -0.292. The number of alkyl halides is 1. The predicted molar refractivity (Wildman–Crippen MR) is 101 cm³/mol. The van der Waals surface area contributed by atoms with Crippen LogP contribution in [-0.2, 0) is 36.3 Å². The van der Waals surface area contributed by atoms with Crippen molar-refractivity contribution in [2.24, 2.45) is 0 Å². The number of H-pyrrole nitrogens is 1. The molecule has 0 aliphatic carbocycles. The number of ether oxygens (including phenoxy) is 2. The van der Waals surface area contributed by atoms with Crippen molar-refractivity contribution in [3.05, 3.63) is 33.1 Å².